The average Bonchev–Trinajstić information content (AvgIpc) is 3.28. The quantitative estimate of drug-likeness (QED) is 0.529. The summed E-state index contributed by atoms with van der Waals surface area (Å²) < 4.78 is 16.8. The summed E-state index contributed by atoms with van der Waals surface area (Å²) in [5.41, 5.74) is 2.53. The number of hydrogen-bond acceptors (Lipinski definition) is 7. The molecule has 2 aliphatic rings. The Bertz CT molecular complexity index is 867. The first-order chi connectivity index (χ1) is 15.0. The minimum Gasteiger partial charge on any atom is -0.488 e. The zero-order valence-electron chi connectivity index (χ0n) is 16.9. The number of hydrogen-bond donors (Lipinski definition) is 4. The molecule has 8 heteroatoms. The van der Waals surface area contributed by atoms with Crippen LogP contribution in [0.3, 0.4) is 0 Å². The summed E-state index contributed by atoms with van der Waals surface area (Å²) in [6.07, 6.45) is -4.40. The predicted octanol–water partition coefficient (Wildman–Crippen LogP) is 1.61. The Morgan fingerprint density at radius 3 is 2.42 bits per heavy atom. The van der Waals surface area contributed by atoms with Gasteiger partial charge in [-0.2, -0.15) is 0 Å². The van der Waals surface area contributed by atoms with Crippen LogP contribution in [0.25, 0.3) is 0 Å². The highest BCUT2D eigenvalue weighted by Gasteiger charge is 2.44. The minimum absolute atomic E-state index is 0.107. The van der Waals surface area contributed by atoms with Crippen molar-refractivity contribution in [2.45, 2.75) is 49.5 Å². The van der Waals surface area contributed by atoms with Gasteiger partial charge in [0.2, 0.25) is 0 Å². The van der Waals surface area contributed by atoms with Gasteiger partial charge in [-0.1, -0.05) is 35.9 Å². The molecule has 0 unspecified atom stereocenters. The predicted molar refractivity (Wildman–Crippen MR) is 113 cm³/mol. The Morgan fingerprint density at radius 1 is 1.00 bits per heavy atom. The van der Waals surface area contributed by atoms with Crippen LogP contribution in [0.2, 0.25) is 5.02 Å². The lowest BCUT2D eigenvalue weighted by Gasteiger charge is -2.40. The van der Waals surface area contributed by atoms with E-state index in [0.717, 1.165) is 29.9 Å². The third-order valence-electron chi connectivity index (χ3n) is 5.81. The maximum atomic E-state index is 10.3. The molecular weight excluding hydrogens is 424 g/mol. The largest absolute Gasteiger partial charge is 0.488 e. The molecule has 0 aromatic heterocycles. The molecule has 0 amide bonds. The smallest absolute Gasteiger partial charge is 0.124 e. The lowest BCUT2D eigenvalue weighted by Crippen LogP contribution is -2.55. The molecule has 2 aliphatic heterocycles. The number of aliphatic hydroxyl groups excluding tert-OH is 4. The van der Waals surface area contributed by atoms with Gasteiger partial charge in [-0.3, -0.25) is 0 Å². The summed E-state index contributed by atoms with van der Waals surface area (Å²) >= 11 is 6.49. The maximum absolute atomic E-state index is 10.3. The van der Waals surface area contributed by atoms with Crippen LogP contribution in [0.15, 0.2) is 42.5 Å². The Kier molecular flexibility index (Phi) is 7.13. The molecule has 4 rings (SSSR count). The van der Waals surface area contributed by atoms with Crippen molar-refractivity contribution in [3.63, 3.8) is 0 Å². The highest BCUT2D eigenvalue weighted by molar-refractivity contribution is 6.31. The number of ether oxygens (including phenoxy) is 3. The molecule has 0 radical (unpaired) electrons. The lowest BCUT2D eigenvalue weighted by atomic mass is 9.90. The van der Waals surface area contributed by atoms with Crippen LogP contribution >= 0.6 is 11.6 Å². The van der Waals surface area contributed by atoms with Gasteiger partial charge in [0, 0.05) is 11.4 Å². The third kappa shape index (κ3) is 5.04. The molecule has 168 valence electrons. The normalized spacial score (nSPS) is 31.0. The van der Waals surface area contributed by atoms with Crippen LogP contribution in [0, 0.1) is 0 Å². The highest BCUT2D eigenvalue weighted by atomic mass is 35.5. The van der Waals surface area contributed by atoms with Crippen LogP contribution in [0.1, 0.15) is 29.2 Å². The summed E-state index contributed by atoms with van der Waals surface area (Å²) in [7, 11) is 0. The van der Waals surface area contributed by atoms with E-state index in [1.807, 2.05) is 30.3 Å². The Hall–Kier alpha value is -1.71. The summed E-state index contributed by atoms with van der Waals surface area (Å²) in [5, 5.41) is 40.2. The Balaban J connectivity index is 1.44. The van der Waals surface area contributed by atoms with E-state index in [9.17, 15) is 20.4 Å². The molecule has 0 aliphatic carbocycles. The Morgan fingerprint density at radius 2 is 1.77 bits per heavy atom. The molecule has 2 saturated heterocycles. The second-order valence-electron chi connectivity index (χ2n) is 8.02. The van der Waals surface area contributed by atoms with E-state index in [0.29, 0.717) is 23.6 Å². The van der Waals surface area contributed by atoms with E-state index < -0.39 is 37.1 Å². The van der Waals surface area contributed by atoms with Crippen molar-refractivity contribution in [1.29, 1.82) is 0 Å². The van der Waals surface area contributed by atoms with Crippen LogP contribution in [-0.2, 0) is 15.9 Å². The first-order valence-electron chi connectivity index (χ1n) is 10.4. The molecule has 2 heterocycles. The maximum Gasteiger partial charge on any atom is 0.124 e. The lowest BCUT2D eigenvalue weighted by molar-refractivity contribution is -0.231. The molecule has 4 N–H and O–H groups in total. The van der Waals surface area contributed by atoms with Gasteiger partial charge in [-0.25, -0.2) is 0 Å². The van der Waals surface area contributed by atoms with Crippen molar-refractivity contribution in [2.75, 3.05) is 19.8 Å². The van der Waals surface area contributed by atoms with Gasteiger partial charge in [0.25, 0.3) is 0 Å². The van der Waals surface area contributed by atoms with E-state index in [-0.39, 0.29) is 6.10 Å². The topological polar surface area (TPSA) is 109 Å². The third-order valence-corrected chi connectivity index (χ3v) is 6.16. The molecule has 2 aromatic rings. The van der Waals surface area contributed by atoms with Gasteiger partial charge in [0.05, 0.1) is 19.8 Å². The van der Waals surface area contributed by atoms with Gasteiger partial charge < -0.3 is 34.6 Å². The number of halogens is 1. The summed E-state index contributed by atoms with van der Waals surface area (Å²) in [4.78, 5) is 0. The van der Waals surface area contributed by atoms with E-state index in [1.165, 1.54) is 0 Å². The minimum atomic E-state index is -1.43. The van der Waals surface area contributed by atoms with Crippen LogP contribution in [-0.4, -0.2) is 70.8 Å². The number of benzene rings is 2. The van der Waals surface area contributed by atoms with Crippen molar-refractivity contribution >= 4 is 11.6 Å². The number of rotatable bonds is 6. The van der Waals surface area contributed by atoms with E-state index >= 15 is 0 Å². The van der Waals surface area contributed by atoms with Gasteiger partial charge in [-0.05, 0) is 41.3 Å². The summed E-state index contributed by atoms with van der Waals surface area (Å²) in [6, 6.07) is 13.2. The van der Waals surface area contributed by atoms with Crippen molar-refractivity contribution < 1.29 is 34.6 Å². The molecule has 7 nitrogen and oxygen atoms in total. The van der Waals surface area contributed by atoms with Crippen molar-refractivity contribution in [2.24, 2.45) is 0 Å². The zero-order chi connectivity index (χ0) is 22.0. The summed E-state index contributed by atoms with van der Waals surface area (Å²) in [5.74, 6) is 0.809. The summed E-state index contributed by atoms with van der Waals surface area (Å²) in [6.45, 7) is 0.888. The van der Waals surface area contributed by atoms with Crippen molar-refractivity contribution in [3.05, 3.63) is 64.2 Å². The zero-order valence-corrected chi connectivity index (χ0v) is 17.7. The van der Waals surface area contributed by atoms with E-state index in [2.05, 4.69) is 0 Å². The fourth-order valence-corrected chi connectivity index (χ4v) is 4.22. The molecule has 31 heavy (non-hydrogen) atoms. The van der Waals surface area contributed by atoms with E-state index in [4.69, 9.17) is 25.8 Å². The fourth-order valence-electron chi connectivity index (χ4n) is 3.97. The van der Waals surface area contributed by atoms with Crippen molar-refractivity contribution in [1.82, 2.24) is 0 Å². The second-order valence-corrected chi connectivity index (χ2v) is 8.43. The van der Waals surface area contributed by atoms with Gasteiger partial charge in [-0.15, -0.1) is 0 Å². The fraction of sp³-hybridized carbons (Fsp3) is 0.478. The first kappa shape index (κ1) is 22.5. The van der Waals surface area contributed by atoms with Gasteiger partial charge >= 0.3 is 0 Å². The molecule has 6 atom stereocenters. The van der Waals surface area contributed by atoms with Gasteiger partial charge in [0.1, 0.15) is 42.4 Å². The molecule has 2 aromatic carbocycles. The van der Waals surface area contributed by atoms with Crippen LogP contribution in [0.5, 0.6) is 5.75 Å². The Labute approximate surface area is 185 Å². The SMILES string of the molecule is OC[C@@H]1O[C@H](c2ccc(Cc3ccc(O[C@@H]4CCOC4)cc3)c(Cl)c2)[C@H](O)[C@H](O)[C@@H]1O. The molecule has 0 spiro atoms. The van der Waals surface area contributed by atoms with Crippen LogP contribution in [0.4, 0.5) is 0 Å². The van der Waals surface area contributed by atoms with Crippen LogP contribution < -0.4 is 4.74 Å². The molecule has 0 bridgehead atoms. The molecular formula is C23H27ClO7. The van der Waals surface area contributed by atoms with Gasteiger partial charge in [0.15, 0.2) is 0 Å². The molecule has 2 fully saturated rings. The second kappa shape index (κ2) is 9.83. The van der Waals surface area contributed by atoms with Crippen molar-refractivity contribution in [3.8, 4) is 5.75 Å². The van der Waals surface area contributed by atoms with E-state index in [1.54, 1.807) is 12.1 Å². The number of aliphatic hydroxyl groups is 4. The average molecular weight is 451 g/mol. The first-order valence-corrected chi connectivity index (χ1v) is 10.8. The molecule has 0 saturated carbocycles. The standard InChI is InChI=1S/C23H27ClO7/c24-18-10-15(23-22(28)21(27)20(26)19(11-25)31-23)4-3-14(18)9-13-1-5-16(6-2-13)30-17-7-8-29-12-17/h1-6,10,17,19-23,25-28H,7-9,11-12H2/t17-,19+,20-,21-,22-,23-/m1/s1. The monoisotopic (exact) mass is 450 g/mol. The highest BCUT2D eigenvalue weighted by Crippen LogP contribution is 2.34.